The van der Waals surface area contributed by atoms with E-state index >= 15 is 0 Å². The first-order valence-electron chi connectivity index (χ1n) is 8.27. The lowest BCUT2D eigenvalue weighted by molar-refractivity contribution is -0.123. The molecule has 3 rings (SSSR count). The number of amides is 1. The highest BCUT2D eigenvalue weighted by Crippen LogP contribution is 2.23. The molecular weight excluding hydrogens is 322 g/mol. The van der Waals surface area contributed by atoms with Crippen molar-refractivity contribution in [2.45, 2.75) is 38.4 Å². The third-order valence-corrected chi connectivity index (χ3v) is 4.64. The van der Waals surface area contributed by atoms with Crippen LogP contribution in [0, 0.1) is 0 Å². The largest absolute Gasteiger partial charge is 0.351 e. The number of hydrogen-bond acceptors (Lipinski definition) is 3. The fourth-order valence-corrected chi connectivity index (χ4v) is 2.97. The number of carbonyl (C=O) groups is 1. The molecule has 5 heteroatoms. The second kappa shape index (κ2) is 7.79. The van der Waals surface area contributed by atoms with E-state index in [0.717, 1.165) is 17.5 Å². The molecule has 24 heavy (non-hydrogen) atoms. The number of hydrazine groups is 1. The summed E-state index contributed by atoms with van der Waals surface area (Å²) in [6.07, 6.45) is 1.73. The predicted octanol–water partition coefficient (Wildman–Crippen LogP) is 3.13. The van der Waals surface area contributed by atoms with Crippen molar-refractivity contribution in [3.8, 4) is 0 Å². The standard InChI is InChI=1S/C19H22ClN3O/c1-2-13-3-5-14(6-4-13)12-21-19(24)18-11-17(22-23-18)15-7-9-16(20)10-8-15/h3-10,17-18,22-23H,2,11-12H2,1H3,(H,21,24). The van der Waals surface area contributed by atoms with E-state index in [9.17, 15) is 4.79 Å². The Morgan fingerprint density at radius 1 is 1.08 bits per heavy atom. The first-order valence-corrected chi connectivity index (χ1v) is 8.65. The molecule has 2 aromatic rings. The van der Waals surface area contributed by atoms with E-state index in [0.29, 0.717) is 18.0 Å². The summed E-state index contributed by atoms with van der Waals surface area (Å²) in [5.41, 5.74) is 9.80. The van der Waals surface area contributed by atoms with Crippen molar-refractivity contribution in [2.75, 3.05) is 0 Å². The van der Waals surface area contributed by atoms with Crippen LogP contribution in [0.15, 0.2) is 48.5 Å². The molecule has 1 saturated heterocycles. The molecule has 0 aliphatic carbocycles. The van der Waals surface area contributed by atoms with Crippen molar-refractivity contribution in [1.82, 2.24) is 16.2 Å². The van der Waals surface area contributed by atoms with Gasteiger partial charge in [0.2, 0.25) is 5.91 Å². The van der Waals surface area contributed by atoms with E-state index in [4.69, 9.17) is 11.6 Å². The Bertz CT molecular complexity index is 685. The van der Waals surface area contributed by atoms with Crippen LogP contribution in [0.2, 0.25) is 5.02 Å². The molecular formula is C19H22ClN3O. The van der Waals surface area contributed by atoms with Crippen molar-refractivity contribution in [3.05, 3.63) is 70.2 Å². The molecule has 0 saturated carbocycles. The monoisotopic (exact) mass is 343 g/mol. The van der Waals surface area contributed by atoms with Crippen molar-refractivity contribution in [1.29, 1.82) is 0 Å². The van der Waals surface area contributed by atoms with Gasteiger partial charge in [0.25, 0.3) is 0 Å². The molecule has 1 aliphatic heterocycles. The van der Waals surface area contributed by atoms with Gasteiger partial charge in [-0.15, -0.1) is 0 Å². The second-order valence-corrected chi connectivity index (χ2v) is 6.51. The van der Waals surface area contributed by atoms with Gasteiger partial charge in [0.05, 0.1) is 0 Å². The van der Waals surface area contributed by atoms with Gasteiger partial charge < -0.3 is 5.32 Å². The average Bonchev–Trinajstić information content (AvgIpc) is 3.11. The Morgan fingerprint density at radius 3 is 2.42 bits per heavy atom. The van der Waals surface area contributed by atoms with Gasteiger partial charge in [0, 0.05) is 17.6 Å². The van der Waals surface area contributed by atoms with Gasteiger partial charge in [-0.2, -0.15) is 0 Å². The Balaban J connectivity index is 1.51. The SMILES string of the molecule is CCc1ccc(CNC(=O)C2CC(c3ccc(Cl)cc3)NN2)cc1. The van der Waals surface area contributed by atoms with Crippen LogP contribution >= 0.6 is 11.6 Å². The summed E-state index contributed by atoms with van der Waals surface area (Å²) < 4.78 is 0. The first kappa shape index (κ1) is 17.0. The number of carbonyl (C=O) groups excluding carboxylic acids is 1. The number of halogens is 1. The smallest absolute Gasteiger partial charge is 0.238 e. The minimum Gasteiger partial charge on any atom is -0.351 e. The third-order valence-electron chi connectivity index (χ3n) is 4.39. The lowest BCUT2D eigenvalue weighted by Crippen LogP contribution is -2.42. The maximum atomic E-state index is 12.3. The Morgan fingerprint density at radius 2 is 1.75 bits per heavy atom. The number of benzene rings is 2. The zero-order valence-corrected chi connectivity index (χ0v) is 14.4. The summed E-state index contributed by atoms with van der Waals surface area (Å²) in [4.78, 5) is 12.3. The zero-order valence-electron chi connectivity index (χ0n) is 13.7. The number of aryl methyl sites for hydroxylation is 1. The van der Waals surface area contributed by atoms with Crippen molar-refractivity contribution < 1.29 is 4.79 Å². The van der Waals surface area contributed by atoms with Crippen LogP contribution in [0.1, 0.15) is 36.1 Å². The van der Waals surface area contributed by atoms with Crippen LogP contribution in [-0.2, 0) is 17.8 Å². The molecule has 126 valence electrons. The lowest BCUT2D eigenvalue weighted by Gasteiger charge is -2.11. The van der Waals surface area contributed by atoms with Crippen LogP contribution in [-0.4, -0.2) is 11.9 Å². The van der Waals surface area contributed by atoms with Crippen LogP contribution in [0.5, 0.6) is 0 Å². The van der Waals surface area contributed by atoms with E-state index in [1.807, 2.05) is 24.3 Å². The van der Waals surface area contributed by atoms with Gasteiger partial charge >= 0.3 is 0 Å². The van der Waals surface area contributed by atoms with Crippen LogP contribution < -0.4 is 16.2 Å². The minimum atomic E-state index is -0.236. The summed E-state index contributed by atoms with van der Waals surface area (Å²) >= 11 is 5.92. The first-order chi connectivity index (χ1) is 11.7. The maximum Gasteiger partial charge on any atom is 0.238 e. The van der Waals surface area contributed by atoms with E-state index in [1.165, 1.54) is 5.56 Å². The van der Waals surface area contributed by atoms with Crippen molar-refractivity contribution in [2.24, 2.45) is 0 Å². The molecule has 4 nitrogen and oxygen atoms in total. The average molecular weight is 344 g/mol. The van der Waals surface area contributed by atoms with Crippen LogP contribution in [0.25, 0.3) is 0 Å². The van der Waals surface area contributed by atoms with Crippen LogP contribution in [0.4, 0.5) is 0 Å². The molecule has 1 heterocycles. The summed E-state index contributed by atoms with van der Waals surface area (Å²) in [5.74, 6) is 0.0125. The Hall–Kier alpha value is -1.88. The topological polar surface area (TPSA) is 53.2 Å². The second-order valence-electron chi connectivity index (χ2n) is 6.07. The van der Waals surface area contributed by atoms with Gasteiger partial charge in [-0.05, 0) is 41.7 Å². The highest BCUT2D eigenvalue weighted by molar-refractivity contribution is 6.30. The molecule has 0 bridgehead atoms. The van der Waals surface area contributed by atoms with E-state index in [2.05, 4.69) is 47.4 Å². The lowest BCUT2D eigenvalue weighted by atomic mass is 10.0. The van der Waals surface area contributed by atoms with Crippen molar-refractivity contribution in [3.63, 3.8) is 0 Å². The maximum absolute atomic E-state index is 12.3. The van der Waals surface area contributed by atoms with Gasteiger partial charge in [-0.25, -0.2) is 10.9 Å². The fourth-order valence-electron chi connectivity index (χ4n) is 2.85. The number of nitrogens with one attached hydrogen (secondary N) is 3. The highest BCUT2D eigenvalue weighted by Gasteiger charge is 2.29. The Labute approximate surface area is 147 Å². The Kier molecular flexibility index (Phi) is 5.51. The van der Waals surface area contributed by atoms with Crippen LogP contribution in [0.3, 0.4) is 0 Å². The summed E-state index contributed by atoms with van der Waals surface area (Å²) in [6.45, 7) is 2.68. The van der Waals surface area contributed by atoms with Gasteiger partial charge in [0.1, 0.15) is 6.04 Å². The molecule has 0 aromatic heterocycles. The van der Waals surface area contributed by atoms with Gasteiger partial charge in [0.15, 0.2) is 0 Å². The zero-order chi connectivity index (χ0) is 16.9. The number of rotatable bonds is 5. The highest BCUT2D eigenvalue weighted by atomic mass is 35.5. The fraction of sp³-hybridized carbons (Fsp3) is 0.316. The molecule has 3 N–H and O–H groups in total. The number of hydrogen-bond donors (Lipinski definition) is 3. The van der Waals surface area contributed by atoms with Gasteiger partial charge in [-0.3, -0.25) is 4.79 Å². The van der Waals surface area contributed by atoms with E-state index in [1.54, 1.807) is 0 Å². The molecule has 1 aliphatic rings. The normalized spacial score (nSPS) is 20.1. The molecule has 2 atom stereocenters. The minimum absolute atomic E-state index is 0.0125. The molecule has 2 aromatic carbocycles. The molecule has 0 radical (unpaired) electrons. The molecule has 1 fully saturated rings. The third kappa shape index (κ3) is 4.15. The summed E-state index contributed by atoms with van der Waals surface area (Å²) in [6, 6.07) is 15.9. The molecule has 0 spiro atoms. The quantitative estimate of drug-likeness (QED) is 0.781. The van der Waals surface area contributed by atoms with E-state index < -0.39 is 0 Å². The van der Waals surface area contributed by atoms with Gasteiger partial charge in [-0.1, -0.05) is 54.9 Å². The molecule has 1 amide bonds. The predicted molar refractivity (Wildman–Crippen MR) is 96.5 cm³/mol. The summed E-state index contributed by atoms with van der Waals surface area (Å²) in [7, 11) is 0. The molecule has 2 unspecified atom stereocenters. The van der Waals surface area contributed by atoms with Crippen molar-refractivity contribution >= 4 is 17.5 Å². The summed E-state index contributed by atoms with van der Waals surface area (Å²) in [5, 5.41) is 3.71. The van der Waals surface area contributed by atoms with E-state index in [-0.39, 0.29) is 18.0 Å².